The zero-order valence-corrected chi connectivity index (χ0v) is 11.7. The van der Waals surface area contributed by atoms with Gasteiger partial charge in [0, 0.05) is 28.9 Å². The Labute approximate surface area is 117 Å². The van der Waals surface area contributed by atoms with E-state index in [0.717, 1.165) is 11.9 Å². The molecule has 3 heteroatoms. The van der Waals surface area contributed by atoms with Crippen LogP contribution in [0.3, 0.4) is 0 Å². The van der Waals surface area contributed by atoms with Crippen LogP contribution in [0.5, 0.6) is 0 Å². The van der Waals surface area contributed by atoms with Gasteiger partial charge in [0.2, 0.25) is 0 Å². The van der Waals surface area contributed by atoms with Crippen LogP contribution >= 0.6 is 11.3 Å². The second kappa shape index (κ2) is 5.51. The highest BCUT2D eigenvalue weighted by molar-refractivity contribution is 7.09. The predicted molar refractivity (Wildman–Crippen MR) is 81.6 cm³/mol. The Balaban J connectivity index is 2.01. The van der Waals surface area contributed by atoms with Gasteiger partial charge in [-0.15, -0.1) is 11.3 Å². The van der Waals surface area contributed by atoms with Crippen LogP contribution in [0.15, 0.2) is 54.0 Å². The zero-order chi connectivity index (χ0) is 13.1. The number of hydrogen-bond donors (Lipinski definition) is 1. The van der Waals surface area contributed by atoms with Crippen molar-refractivity contribution in [1.82, 2.24) is 10.3 Å². The molecule has 3 rings (SSSR count). The average molecular weight is 268 g/mol. The molecule has 0 saturated carbocycles. The molecule has 96 valence electrons. The van der Waals surface area contributed by atoms with Crippen molar-refractivity contribution in [2.24, 2.45) is 0 Å². The standard InChI is InChI=1S/C16H16N2S/c1-17-16(11-12-5-4-10-19-12)14-6-2-8-15-13(14)7-3-9-18-15/h2-10,16-17H,11H2,1H3. The van der Waals surface area contributed by atoms with Crippen molar-refractivity contribution < 1.29 is 0 Å². The quantitative estimate of drug-likeness (QED) is 0.778. The summed E-state index contributed by atoms with van der Waals surface area (Å²) in [6, 6.07) is 15.1. The lowest BCUT2D eigenvalue weighted by molar-refractivity contribution is 0.601. The third-order valence-electron chi connectivity index (χ3n) is 3.39. The van der Waals surface area contributed by atoms with Crippen LogP contribution in [-0.2, 0) is 6.42 Å². The van der Waals surface area contributed by atoms with E-state index in [4.69, 9.17) is 0 Å². The number of aromatic nitrogens is 1. The van der Waals surface area contributed by atoms with Gasteiger partial charge < -0.3 is 5.32 Å². The number of nitrogens with one attached hydrogen (secondary N) is 1. The number of benzene rings is 1. The first kappa shape index (κ1) is 12.3. The molecular formula is C16H16N2S. The molecule has 0 fully saturated rings. The molecule has 0 radical (unpaired) electrons. The van der Waals surface area contributed by atoms with Crippen LogP contribution in [0.2, 0.25) is 0 Å². The van der Waals surface area contributed by atoms with Crippen LogP contribution in [-0.4, -0.2) is 12.0 Å². The number of rotatable bonds is 4. The van der Waals surface area contributed by atoms with Crippen molar-refractivity contribution in [2.45, 2.75) is 12.5 Å². The minimum Gasteiger partial charge on any atom is -0.313 e. The maximum Gasteiger partial charge on any atom is 0.0705 e. The number of nitrogens with zero attached hydrogens (tertiary/aromatic N) is 1. The molecule has 2 heterocycles. The fourth-order valence-electron chi connectivity index (χ4n) is 2.43. The third-order valence-corrected chi connectivity index (χ3v) is 4.29. The Morgan fingerprint density at radius 1 is 1.16 bits per heavy atom. The number of hydrogen-bond acceptors (Lipinski definition) is 3. The third kappa shape index (κ3) is 2.53. The smallest absolute Gasteiger partial charge is 0.0705 e. The van der Waals surface area contributed by atoms with Gasteiger partial charge in [0.25, 0.3) is 0 Å². The molecule has 1 N–H and O–H groups in total. The molecule has 1 atom stereocenters. The number of pyridine rings is 1. The van der Waals surface area contributed by atoms with Crippen LogP contribution in [0.25, 0.3) is 10.9 Å². The van der Waals surface area contributed by atoms with Crippen molar-refractivity contribution in [2.75, 3.05) is 7.05 Å². The molecule has 0 aliphatic rings. The molecular weight excluding hydrogens is 252 g/mol. The fraction of sp³-hybridized carbons (Fsp3) is 0.188. The minimum absolute atomic E-state index is 0.326. The van der Waals surface area contributed by atoms with Gasteiger partial charge in [-0.25, -0.2) is 0 Å². The van der Waals surface area contributed by atoms with Crippen molar-refractivity contribution in [3.05, 3.63) is 64.5 Å². The number of thiophene rings is 1. The summed E-state index contributed by atoms with van der Waals surface area (Å²) in [5.74, 6) is 0. The molecule has 1 aromatic carbocycles. The van der Waals surface area contributed by atoms with E-state index in [2.05, 4.69) is 52.1 Å². The molecule has 1 unspecified atom stereocenters. The second-order valence-electron chi connectivity index (χ2n) is 4.54. The summed E-state index contributed by atoms with van der Waals surface area (Å²) in [6.07, 6.45) is 2.86. The molecule has 2 aromatic heterocycles. The Morgan fingerprint density at radius 3 is 2.89 bits per heavy atom. The fourth-order valence-corrected chi connectivity index (χ4v) is 3.18. The average Bonchev–Trinajstić information content (AvgIpc) is 2.97. The molecule has 0 aliphatic heterocycles. The first-order chi connectivity index (χ1) is 9.38. The lowest BCUT2D eigenvalue weighted by Gasteiger charge is -2.17. The minimum atomic E-state index is 0.326. The summed E-state index contributed by atoms with van der Waals surface area (Å²) in [5.41, 5.74) is 2.38. The molecule has 0 aliphatic carbocycles. The van der Waals surface area contributed by atoms with E-state index in [1.165, 1.54) is 15.8 Å². The highest BCUT2D eigenvalue weighted by Crippen LogP contribution is 2.26. The first-order valence-electron chi connectivity index (χ1n) is 6.42. The number of fused-ring (bicyclic) bond motifs is 1. The van der Waals surface area contributed by atoms with Gasteiger partial charge in [0.1, 0.15) is 0 Å². The molecule has 0 spiro atoms. The van der Waals surface area contributed by atoms with Crippen molar-refractivity contribution in [3.8, 4) is 0 Å². The van der Waals surface area contributed by atoms with Gasteiger partial charge in [-0.1, -0.05) is 24.3 Å². The van der Waals surface area contributed by atoms with Gasteiger partial charge in [0.05, 0.1) is 5.52 Å². The zero-order valence-electron chi connectivity index (χ0n) is 10.8. The SMILES string of the molecule is CNC(Cc1cccs1)c1cccc2ncccc12. The van der Waals surface area contributed by atoms with Gasteiger partial charge in [-0.05, 0) is 36.2 Å². The lowest BCUT2D eigenvalue weighted by atomic mass is 9.98. The Kier molecular flexibility index (Phi) is 3.58. The molecule has 2 nitrogen and oxygen atoms in total. The summed E-state index contributed by atoms with van der Waals surface area (Å²) in [6.45, 7) is 0. The van der Waals surface area contributed by atoms with Gasteiger partial charge in [-0.2, -0.15) is 0 Å². The predicted octanol–water partition coefficient (Wildman–Crippen LogP) is 3.80. The highest BCUT2D eigenvalue weighted by Gasteiger charge is 2.13. The maximum absolute atomic E-state index is 4.43. The molecule has 0 bridgehead atoms. The van der Waals surface area contributed by atoms with E-state index < -0.39 is 0 Å². The van der Waals surface area contributed by atoms with E-state index in [1.54, 1.807) is 0 Å². The second-order valence-corrected chi connectivity index (χ2v) is 5.57. The summed E-state index contributed by atoms with van der Waals surface area (Å²) in [4.78, 5) is 5.83. The summed E-state index contributed by atoms with van der Waals surface area (Å²) < 4.78 is 0. The van der Waals surface area contributed by atoms with E-state index >= 15 is 0 Å². The largest absolute Gasteiger partial charge is 0.313 e. The first-order valence-corrected chi connectivity index (χ1v) is 7.30. The monoisotopic (exact) mass is 268 g/mol. The topological polar surface area (TPSA) is 24.9 Å². The van der Waals surface area contributed by atoms with Crippen LogP contribution in [0.4, 0.5) is 0 Å². The Hall–Kier alpha value is -1.71. The van der Waals surface area contributed by atoms with Gasteiger partial charge in [-0.3, -0.25) is 4.98 Å². The number of likely N-dealkylation sites (N-methyl/N-ethyl adjacent to an activating group) is 1. The van der Waals surface area contributed by atoms with Crippen molar-refractivity contribution in [1.29, 1.82) is 0 Å². The van der Waals surface area contributed by atoms with Crippen molar-refractivity contribution >= 4 is 22.2 Å². The van der Waals surface area contributed by atoms with Crippen LogP contribution < -0.4 is 5.32 Å². The molecule has 3 aromatic rings. The van der Waals surface area contributed by atoms with E-state index in [9.17, 15) is 0 Å². The maximum atomic E-state index is 4.43. The summed E-state index contributed by atoms with van der Waals surface area (Å²) >= 11 is 1.81. The summed E-state index contributed by atoms with van der Waals surface area (Å²) in [5, 5.41) is 6.80. The van der Waals surface area contributed by atoms with Gasteiger partial charge in [0.15, 0.2) is 0 Å². The normalized spacial score (nSPS) is 12.7. The van der Waals surface area contributed by atoms with E-state index in [-0.39, 0.29) is 0 Å². The van der Waals surface area contributed by atoms with Crippen LogP contribution in [0, 0.1) is 0 Å². The lowest BCUT2D eigenvalue weighted by Crippen LogP contribution is -2.18. The van der Waals surface area contributed by atoms with E-state index in [1.807, 2.05) is 30.6 Å². The summed E-state index contributed by atoms with van der Waals surface area (Å²) in [7, 11) is 2.02. The molecule has 19 heavy (non-hydrogen) atoms. The molecule has 0 saturated heterocycles. The molecule has 0 amide bonds. The van der Waals surface area contributed by atoms with E-state index in [0.29, 0.717) is 6.04 Å². The Bertz CT molecular complexity index is 656. The highest BCUT2D eigenvalue weighted by atomic mass is 32.1. The van der Waals surface area contributed by atoms with Crippen molar-refractivity contribution in [3.63, 3.8) is 0 Å². The Morgan fingerprint density at radius 2 is 2.11 bits per heavy atom. The van der Waals surface area contributed by atoms with Gasteiger partial charge >= 0.3 is 0 Å². The van der Waals surface area contributed by atoms with Crippen LogP contribution in [0.1, 0.15) is 16.5 Å².